The largest absolute Gasteiger partial charge is 0.359 e. The average molecular weight is 487 g/mol. The summed E-state index contributed by atoms with van der Waals surface area (Å²) in [7, 11) is 0.376. The van der Waals surface area contributed by atoms with Gasteiger partial charge >= 0.3 is 0 Å². The van der Waals surface area contributed by atoms with Crippen molar-refractivity contribution in [3.63, 3.8) is 0 Å². The summed E-state index contributed by atoms with van der Waals surface area (Å²) in [6.07, 6.45) is 3.24. The topological polar surface area (TPSA) is 94.1 Å². The second-order valence-corrected chi connectivity index (χ2v) is 8.44. The Morgan fingerprint density at radius 3 is 2.44 bits per heavy atom. The monoisotopic (exact) mass is 487 g/mol. The number of carbonyl (C=O) groups is 1. The van der Waals surface area contributed by atoms with Gasteiger partial charge in [0, 0.05) is 53.2 Å². The molecule has 0 aromatic rings. The van der Waals surface area contributed by atoms with Gasteiger partial charge in [0.25, 0.3) is 0 Å². The highest BCUT2D eigenvalue weighted by Gasteiger charge is 2.28. The van der Waals surface area contributed by atoms with Crippen molar-refractivity contribution >= 4 is 45.9 Å². The number of guanidine groups is 1. The van der Waals surface area contributed by atoms with Crippen molar-refractivity contribution in [2.75, 3.05) is 52.6 Å². The van der Waals surface area contributed by atoms with Crippen LogP contribution in [0.25, 0.3) is 0 Å². The number of likely N-dealkylation sites (tertiary alicyclic amines) is 1. The van der Waals surface area contributed by atoms with Gasteiger partial charge in [-0.3, -0.25) is 9.79 Å². The van der Waals surface area contributed by atoms with Crippen LogP contribution in [0.3, 0.4) is 0 Å². The lowest BCUT2D eigenvalue weighted by molar-refractivity contribution is -0.121. The smallest absolute Gasteiger partial charge is 0.220 e. The summed E-state index contributed by atoms with van der Waals surface area (Å²) in [6.45, 7) is 3.39. The van der Waals surface area contributed by atoms with Crippen LogP contribution in [0.15, 0.2) is 4.99 Å². The minimum absolute atomic E-state index is 0. The Morgan fingerprint density at radius 2 is 1.92 bits per heavy atom. The maximum Gasteiger partial charge on any atom is 0.220 e. The van der Waals surface area contributed by atoms with E-state index >= 15 is 0 Å². The SMILES string of the molecule is CN=C(NCCN1CCCS1(=O)=O)N1CCC(CC(=O)NC)CC1.I. The van der Waals surface area contributed by atoms with E-state index in [1.165, 1.54) is 0 Å². The minimum atomic E-state index is -3.04. The van der Waals surface area contributed by atoms with E-state index < -0.39 is 10.0 Å². The highest BCUT2D eigenvalue weighted by Crippen LogP contribution is 2.20. The third-order valence-corrected chi connectivity index (χ3v) is 6.68. The molecule has 0 aromatic carbocycles. The number of nitrogens with one attached hydrogen (secondary N) is 2. The van der Waals surface area contributed by atoms with E-state index in [1.807, 2.05) is 0 Å². The molecule has 2 N–H and O–H groups in total. The predicted octanol–water partition coefficient (Wildman–Crippen LogP) is 0.0634. The molecule has 25 heavy (non-hydrogen) atoms. The van der Waals surface area contributed by atoms with Crippen molar-refractivity contribution in [2.24, 2.45) is 10.9 Å². The molecule has 0 unspecified atom stereocenters. The van der Waals surface area contributed by atoms with E-state index in [2.05, 4.69) is 20.5 Å². The van der Waals surface area contributed by atoms with Crippen LogP contribution < -0.4 is 10.6 Å². The van der Waals surface area contributed by atoms with Crippen LogP contribution in [0.1, 0.15) is 25.7 Å². The summed E-state index contributed by atoms with van der Waals surface area (Å²) in [5, 5.41) is 5.94. The number of amides is 1. The van der Waals surface area contributed by atoms with Gasteiger partial charge in [-0.15, -0.1) is 24.0 Å². The van der Waals surface area contributed by atoms with Crippen molar-refractivity contribution in [3.05, 3.63) is 0 Å². The zero-order valence-corrected chi connectivity index (χ0v) is 18.2. The van der Waals surface area contributed by atoms with Crippen LogP contribution in [0.4, 0.5) is 0 Å². The Balaban J connectivity index is 0.00000312. The average Bonchev–Trinajstić information content (AvgIpc) is 2.91. The van der Waals surface area contributed by atoms with Gasteiger partial charge in [-0.05, 0) is 25.2 Å². The standard InChI is InChI=1S/C15H29N5O3S.HI/c1-16-14(21)12-13-4-8-19(9-5-13)15(17-2)18-6-10-20-7-3-11-24(20,22)23;/h13H,3-12H2,1-2H3,(H,16,21)(H,17,18);1H. The van der Waals surface area contributed by atoms with Crippen LogP contribution in [0, 0.1) is 5.92 Å². The lowest BCUT2D eigenvalue weighted by Gasteiger charge is -2.34. The molecule has 8 nitrogen and oxygen atoms in total. The first-order valence-electron chi connectivity index (χ1n) is 8.60. The van der Waals surface area contributed by atoms with Crippen molar-refractivity contribution < 1.29 is 13.2 Å². The van der Waals surface area contributed by atoms with E-state index in [-0.39, 0.29) is 35.6 Å². The Hall–Kier alpha value is -0.620. The molecule has 0 spiro atoms. The molecule has 2 fully saturated rings. The number of aliphatic imine (C=N–C) groups is 1. The van der Waals surface area contributed by atoms with E-state index in [0.29, 0.717) is 32.0 Å². The van der Waals surface area contributed by atoms with Gasteiger partial charge in [-0.1, -0.05) is 0 Å². The van der Waals surface area contributed by atoms with E-state index in [9.17, 15) is 13.2 Å². The molecule has 0 bridgehead atoms. The van der Waals surface area contributed by atoms with Crippen LogP contribution in [-0.4, -0.2) is 82.1 Å². The van der Waals surface area contributed by atoms with Crippen molar-refractivity contribution in [1.29, 1.82) is 0 Å². The Labute approximate surface area is 167 Å². The molecular formula is C15H30IN5O3S. The van der Waals surface area contributed by atoms with Crippen molar-refractivity contribution in [2.45, 2.75) is 25.7 Å². The van der Waals surface area contributed by atoms with Crippen LogP contribution in [0.5, 0.6) is 0 Å². The maximum atomic E-state index is 11.8. The molecule has 2 rings (SSSR count). The number of carbonyl (C=O) groups excluding carboxylic acids is 1. The van der Waals surface area contributed by atoms with Crippen LogP contribution in [-0.2, 0) is 14.8 Å². The molecule has 146 valence electrons. The quantitative estimate of drug-likeness (QED) is 0.325. The van der Waals surface area contributed by atoms with Crippen LogP contribution >= 0.6 is 24.0 Å². The van der Waals surface area contributed by atoms with Crippen molar-refractivity contribution in [3.8, 4) is 0 Å². The molecule has 0 atom stereocenters. The normalized spacial score (nSPS) is 21.7. The van der Waals surface area contributed by atoms with E-state index in [4.69, 9.17) is 0 Å². The first-order valence-corrected chi connectivity index (χ1v) is 10.2. The van der Waals surface area contributed by atoms with Gasteiger partial charge in [0.1, 0.15) is 0 Å². The van der Waals surface area contributed by atoms with Gasteiger partial charge in [0.05, 0.1) is 5.75 Å². The van der Waals surface area contributed by atoms with Gasteiger partial charge in [-0.2, -0.15) is 0 Å². The molecule has 2 saturated heterocycles. The summed E-state index contributed by atoms with van der Waals surface area (Å²) in [5.74, 6) is 1.60. The molecule has 0 saturated carbocycles. The summed E-state index contributed by atoms with van der Waals surface area (Å²) >= 11 is 0. The fourth-order valence-corrected chi connectivity index (χ4v) is 4.81. The number of rotatable bonds is 5. The van der Waals surface area contributed by atoms with E-state index in [1.54, 1.807) is 18.4 Å². The Bertz CT molecular complexity index is 562. The lowest BCUT2D eigenvalue weighted by atomic mass is 9.93. The highest BCUT2D eigenvalue weighted by molar-refractivity contribution is 14.0. The van der Waals surface area contributed by atoms with E-state index in [0.717, 1.165) is 38.3 Å². The van der Waals surface area contributed by atoms with Gasteiger partial charge in [0.15, 0.2) is 5.96 Å². The number of sulfonamides is 1. The summed E-state index contributed by atoms with van der Waals surface area (Å²) in [6, 6.07) is 0. The zero-order valence-electron chi connectivity index (χ0n) is 15.0. The van der Waals surface area contributed by atoms with Gasteiger partial charge < -0.3 is 15.5 Å². The zero-order chi connectivity index (χ0) is 17.6. The summed E-state index contributed by atoms with van der Waals surface area (Å²) in [4.78, 5) is 17.9. The maximum absolute atomic E-state index is 11.8. The summed E-state index contributed by atoms with van der Waals surface area (Å²) < 4.78 is 25.1. The second kappa shape index (κ2) is 10.5. The Morgan fingerprint density at radius 1 is 1.24 bits per heavy atom. The second-order valence-electron chi connectivity index (χ2n) is 6.35. The fourth-order valence-electron chi connectivity index (χ4n) is 3.28. The Kier molecular flexibility index (Phi) is 9.43. The molecule has 1 amide bonds. The summed E-state index contributed by atoms with van der Waals surface area (Å²) in [5.41, 5.74) is 0. The molecule has 0 aliphatic carbocycles. The lowest BCUT2D eigenvalue weighted by Crippen LogP contribution is -2.47. The van der Waals surface area contributed by atoms with Crippen LogP contribution in [0.2, 0.25) is 0 Å². The number of hydrogen-bond acceptors (Lipinski definition) is 4. The molecule has 2 aliphatic heterocycles. The highest BCUT2D eigenvalue weighted by atomic mass is 127. The van der Waals surface area contributed by atoms with Gasteiger partial charge in [0.2, 0.25) is 15.9 Å². The van der Waals surface area contributed by atoms with Crippen molar-refractivity contribution in [1.82, 2.24) is 19.8 Å². The molecule has 0 radical (unpaired) electrons. The molecule has 2 aliphatic rings. The predicted molar refractivity (Wildman–Crippen MR) is 110 cm³/mol. The third-order valence-electron chi connectivity index (χ3n) is 4.73. The number of halogens is 1. The number of nitrogens with zero attached hydrogens (tertiary/aromatic N) is 3. The molecule has 10 heteroatoms. The van der Waals surface area contributed by atoms with Gasteiger partial charge in [-0.25, -0.2) is 12.7 Å². The third kappa shape index (κ3) is 6.55. The fraction of sp³-hybridized carbons (Fsp3) is 0.867. The first-order chi connectivity index (χ1) is 11.5. The molecular weight excluding hydrogens is 457 g/mol. The first kappa shape index (κ1) is 22.4. The molecule has 0 aromatic heterocycles. The number of hydrogen-bond donors (Lipinski definition) is 2. The minimum Gasteiger partial charge on any atom is -0.359 e. The number of piperidine rings is 1. The molecule has 2 heterocycles.